The number of hydrogen-bond acceptors (Lipinski definition) is 8. The average Bonchev–Trinajstić information content (AvgIpc) is 3.26. The largest absolute Gasteiger partial charge is 0.394 e. The van der Waals surface area contributed by atoms with Crippen LogP contribution in [0.5, 0.6) is 0 Å². The second kappa shape index (κ2) is 42.4. The number of amides is 1. The number of carbonyl (C=O) groups excluding carboxylic acids is 1. The van der Waals surface area contributed by atoms with Crippen molar-refractivity contribution in [3.63, 3.8) is 0 Å². The van der Waals surface area contributed by atoms with E-state index >= 15 is 0 Å². The molecule has 1 fully saturated rings. The molecular weight excluding hydrogens is 767 g/mol. The Balaban J connectivity index is 2.31. The molecule has 0 saturated carbocycles. The van der Waals surface area contributed by atoms with Crippen LogP contribution in [0, 0.1) is 0 Å². The fourth-order valence-corrected chi connectivity index (χ4v) is 8.05. The van der Waals surface area contributed by atoms with E-state index in [4.69, 9.17) is 9.47 Å². The van der Waals surface area contributed by atoms with Crippen molar-refractivity contribution in [2.45, 2.75) is 275 Å². The van der Waals surface area contributed by atoms with E-state index in [-0.39, 0.29) is 12.5 Å². The van der Waals surface area contributed by atoms with Crippen LogP contribution in [0.15, 0.2) is 36.5 Å². The van der Waals surface area contributed by atoms with Gasteiger partial charge in [-0.3, -0.25) is 4.79 Å². The lowest BCUT2D eigenvalue weighted by atomic mass is 9.99. The molecule has 1 rings (SSSR count). The van der Waals surface area contributed by atoms with Crippen LogP contribution >= 0.6 is 0 Å². The van der Waals surface area contributed by atoms with Crippen LogP contribution in [-0.2, 0) is 14.3 Å². The molecule has 358 valence electrons. The monoisotopic (exact) mass is 864 g/mol. The van der Waals surface area contributed by atoms with Gasteiger partial charge in [-0.2, -0.15) is 0 Å². The molecule has 7 atom stereocenters. The van der Waals surface area contributed by atoms with Crippen molar-refractivity contribution in [1.82, 2.24) is 5.32 Å². The van der Waals surface area contributed by atoms with Gasteiger partial charge in [-0.15, -0.1) is 0 Å². The quantitative estimate of drug-likeness (QED) is 0.0262. The van der Waals surface area contributed by atoms with Gasteiger partial charge in [-0.1, -0.05) is 204 Å². The van der Waals surface area contributed by atoms with Gasteiger partial charge in [0, 0.05) is 6.42 Å². The van der Waals surface area contributed by atoms with E-state index in [9.17, 15) is 30.3 Å². The maximum Gasteiger partial charge on any atom is 0.220 e. The molecule has 0 aliphatic carbocycles. The number of aliphatic hydroxyl groups is 5. The summed E-state index contributed by atoms with van der Waals surface area (Å²) in [5.41, 5.74) is 0. The SMILES string of the molecule is CCCCCCCC/C=C\CCCCCCCC(=O)NC(COC1OC(CO)C(O)C(O)C1O)C(O)/C=C/CC/C=C/CCCCCCCCCCCCCCCCCCC. The number of allylic oxidation sites excluding steroid dienone is 5. The summed E-state index contributed by atoms with van der Waals surface area (Å²) in [5.74, 6) is -0.195. The highest BCUT2D eigenvalue weighted by atomic mass is 16.7. The van der Waals surface area contributed by atoms with Crippen molar-refractivity contribution in [3.8, 4) is 0 Å². The number of carbonyl (C=O) groups is 1. The second-order valence-corrected chi connectivity index (χ2v) is 18.0. The van der Waals surface area contributed by atoms with Crippen LogP contribution in [0.25, 0.3) is 0 Å². The zero-order valence-electron chi connectivity index (χ0n) is 39.4. The summed E-state index contributed by atoms with van der Waals surface area (Å²) >= 11 is 0. The summed E-state index contributed by atoms with van der Waals surface area (Å²) in [6.45, 7) is 3.76. The molecule has 0 aromatic rings. The lowest BCUT2D eigenvalue weighted by Crippen LogP contribution is -2.60. The number of hydrogen-bond donors (Lipinski definition) is 6. The molecule has 9 heteroatoms. The molecule has 1 aliphatic heterocycles. The first-order chi connectivity index (χ1) is 29.8. The Morgan fingerprint density at radius 3 is 1.38 bits per heavy atom. The Morgan fingerprint density at radius 1 is 0.541 bits per heavy atom. The maximum absolute atomic E-state index is 13.0. The summed E-state index contributed by atoms with van der Waals surface area (Å²) in [6, 6.07) is -0.825. The predicted octanol–water partition coefficient (Wildman–Crippen LogP) is 11.6. The van der Waals surface area contributed by atoms with Gasteiger partial charge < -0.3 is 40.3 Å². The van der Waals surface area contributed by atoms with Crippen molar-refractivity contribution < 1.29 is 39.8 Å². The number of unbranched alkanes of at least 4 members (excludes halogenated alkanes) is 29. The Kier molecular flexibility index (Phi) is 39.9. The smallest absolute Gasteiger partial charge is 0.220 e. The van der Waals surface area contributed by atoms with E-state index in [1.54, 1.807) is 6.08 Å². The molecule has 0 radical (unpaired) electrons. The van der Waals surface area contributed by atoms with Crippen molar-refractivity contribution in [2.24, 2.45) is 0 Å². The standard InChI is InChI=1S/C52H97NO8/c1-3-5-7-9-11-13-15-17-19-20-21-22-23-24-25-26-28-29-31-33-35-37-39-41-46(55)45(44-60-52-51(59)50(58)49(57)47(43-54)61-52)53-48(56)42-40-38-36-34-32-30-27-18-16-14-12-10-8-6-4-2/h18,27,31,33,39,41,45-47,49-52,54-55,57-59H,3-17,19-26,28-30,32,34-38,40,42-44H2,1-2H3,(H,53,56)/b27-18-,33-31+,41-39+. The lowest BCUT2D eigenvalue weighted by Gasteiger charge is -2.40. The fourth-order valence-electron chi connectivity index (χ4n) is 8.05. The molecule has 9 nitrogen and oxygen atoms in total. The van der Waals surface area contributed by atoms with Gasteiger partial charge >= 0.3 is 0 Å². The summed E-state index contributed by atoms with van der Waals surface area (Å²) in [6.07, 6.45) is 46.3. The van der Waals surface area contributed by atoms with Gasteiger partial charge in [-0.25, -0.2) is 0 Å². The van der Waals surface area contributed by atoms with E-state index in [2.05, 4.69) is 43.5 Å². The maximum atomic E-state index is 13.0. The molecular formula is C52H97NO8. The number of nitrogens with one attached hydrogen (secondary N) is 1. The van der Waals surface area contributed by atoms with Crippen molar-refractivity contribution in [1.29, 1.82) is 0 Å². The van der Waals surface area contributed by atoms with Gasteiger partial charge in [0.15, 0.2) is 6.29 Å². The molecule has 1 amide bonds. The van der Waals surface area contributed by atoms with Gasteiger partial charge in [0.05, 0.1) is 25.4 Å². The number of ether oxygens (including phenoxy) is 2. The zero-order chi connectivity index (χ0) is 44.4. The van der Waals surface area contributed by atoms with Gasteiger partial charge in [0.1, 0.15) is 24.4 Å². The van der Waals surface area contributed by atoms with E-state index in [0.29, 0.717) is 6.42 Å². The second-order valence-electron chi connectivity index (χ2n) is 18.0. The summed E-state index contributed by atoms with van der Waals surface area (Å²) in [4.78, 5) is 13.0. The Hall–Kier alpha value is -1.59. The highest BCUT2D eigenvalue weighted by Gasteiger charge is 2.44. The van der Waals surface area contributed by atoms with Crippen LogP contribution < -0.4 is 5.32 Å². The first kappa shape index (κ1) is 57.4. The molecule has 61 heavy (non-hydrogen) atoms. The van der Waals surface area contributed by atoms with Crippen molar-refractivity contribution in [3.05, 3.63) is 36.5 Å². The van der Waals surface area contributed by atoms with Crippen LogP contribution in [0.2, 0.25) is 0 Å². The molecule has 1 heterocycles. The first-order valence-corrected chi connectivity index (χ1v) is 25.7. The molecule has 0 aromatic carbocycles. The van der Waals surface area contributed by atoms with Crippen LogP contribution in [-0.4, -0.2) is 87.5 Å². The van der Waals surface area contributed by atoms with E-state index < -0.39 is 49.5 Å². The Morgan fingerprint density at radius 2 is 0.934 bits per heavy atom. The first-order valence-electron chi connectivity index (χ1n) is 25.7. The van der Waals surface area contributed by atoms with E-state index in [0.717, 1.165) is 57.8 Å². The molecule has 0 bridgehead atoms. The molecule has 1 aliphatic rings. The van der Waals surface area contributed by atoms with Gasteiger partial charge in [-0.05, 0) is 57.8 Å². The van der Waals surface area contributed by atoms with Gasteiger partial charge in [0.2, 0.25) is 5.91 Å². The van der Waals surface area contributed by atoms with E-state index in [1.165, 1.54) is 154 Å². The van der Waals surface area contributed by atoms with Crippen molar-refractivity contribution in [2.75, 3.05) is 13.2 Å². The average molecular weight is 864 g/mol. The number of rotatable bonds is 43. The lowest BCUT2D eigenvalue weighted by molar-refractivity contribution is -0.302. The third kappa shape index (κ3) is 32.7. The Labute approximate surface area is 374 Å². The minimum atomic E-state index is -1.57. The molecule has 0 aromatic heterocycles. The molecule has 1 saturated heterocycles. The van der Waals surface area contributed by atoms with Gasteiger partial charge in [0.25, 0.3) is 0 Å². The third-order valence-electron chi connectivity index (χ3n) is 12.2. The summed E-state index contributed by atoms with van der Waals surface area (Å²) in [7, 11) is 0. The topological polar surface area (TPSA) is 149 Å². The summed E-state index contributed by atoms with van der Waals surface area (Å²) in [5, 5.41) is 54.3. The minimum Gasteiger partial charge on any atom is -0.394 e. The van der Waals surface area contributed by atoms with Crippen LogP contribution in [0.1, 0.15) is 232 Å². The molecule has 0 spiro atoms. The third-order valence-corrected chi connectivity index (χ3v) is 12.2. The summed E-state index contributed by atoms with van der Waals surface area (Å²) < 4.78 is 11.2. The number of aliphatic hydroxyl groups excluding tert-OH is 5. The fraction of sp³-hybridized carbons (Fsp3) is 0.865. The highest BCUT2D eigenvalue weighted by molar-refractivity contribution is 5.76. The normalized spacial score (nSPS) is 20.7. The minimum absolute atomic E-state index is 0.195. The van der Waals surface area contributed by atoms with Crippen molar-refractivity contribution >= 4 is 5.91 Å². The highest BCUT2D eigenvalue weighted by Crippen LogP contribution is 2.23. The predicted molar refractivity (Wildman–Crippen MR) is 253 cm³/mol. The Bertz CT molecular complexity index is 1050. The molecule has 7 unspecified atom stereocenters. The van der Waals surface area contributed by atoms with E-state index in [1.807, 2.05) is 6.08 Å². The van der Waals surface area contributed by atoms with Crippen LogP contribution in [0.4, 0.5) is 0 Å². The zero-order valence-corrected chi connectivity index (χ0v) is 39.4. The molecule has 6 N–H and O–H groups in total. The van der Waals surface area contributed by atoms with Crippen LogP contribution in [0.3, 0.4) is 0 Å².